The minimum absolute atomic E-state index is 0.0244. The number of rotatable bonds is 5. The molecule has 1 N–H and O–H groups in total. The summed E-state index contributed by atoms with van der Waals surface area (Å²) >= 11 is 0. The maximum absolute atomic E-state index is 12.7. The van der Waals surface area contributed by atoms with Crippen LogP contribution in [0.1, 0.15) is 5.69 Å². The lowest BCUT2D eigenvalue weighted by atomic mass is 10.2. The molecule has 9 heteroatoms. The first-order chi connectivity index (χ1) is 12.6. The molecule has 0 unspecified atom stereocenters. The summed E-state index contributed by atoms with van der Waals surface area (Å²) in [6, 6.07) is 12.2. The summed E-state index contributed by atoms with van der Waals surface area (Å²) in [6.07, 6.45) is 6.53. The highest BCUT2D eigenvalue weighted by Gasteiger charge is 2.18. The van der Waals surface area contributed by atoms with Gasteiger partial charge in [-0.25, -0.2) is 17.8 Å². The van der Waals surface area contributed by atoms with E-state index in [1.54, 1.807) is 53.7 Å². The van der Waals surface area contributed by atoms with Crippen molar-refractivity contribution in [1.29, 1.82) is 0 Å². The van der Waals surface area contributed by atoms with Gasteiger partial charge in [-0.1, -0.05) is 23.4 Å². The zero-order chi connectivity index (χ0) is 18.0. The van der Waals surface area contributed by atoms with Crippen LogP contribution in [0.25, 0.3) is 16.6 Å². The molecule has 26 heavy (non-hydrogen) atoms. The van der Waals surface area contributed by atoms with E-state index < -0.39 is 10.0 Å². The minimum atomic E-state index is -3.74. The molecule has 0 saturated carbocycles. The zero-order valence-electron chi connectivity index (χ0n) is 13.5. The average molecular weight is 366 g/mol. The lowest BCUT2D eigenvalue weighted by Crippen LogP contribution is -2.23. The van der Waals surface area contributed by atoms with Crippen molar-refractivity contribution in [2.24, 2.45) is 0 Å². The first-order valence-electron chi connectivity index (χ1n) is 7.78. The van der Waals surface area contributed by atoms with Crippen molar-refractivity contribution in [2.45, 2.75) is 11.4 Å². The predicted molar refractivity (Wildman–Crippen MR) is 94.9 cm³/mol. The van der Waals surface area contributed by atoms with Crippen LogP contribution in [0.15, 0.2) is 72.1 Å². The molecule has 3 aromatic heterocycles. The lowest BCUT2D eigenvalue weighted by molar-refractivity contribution is 0.581. The van der Waals surface area contributed by atoms with Crippen LogP contribution in [0.3, 0.4) is 0 Å². The molecule has 0 fully saturated rings. The molecule has 0 bridgehead atoms. The number of hydrogen-bond acceptors (Lipinski definition) is 6. The fraction of sp³-hybridized carbons (Fsp3) is 0.0588. The van der Waals surface area contributed by atoms with Gasteiger partial charge in [0.15, 0.2) is 0 Å². The number of sulfonamides is 1. The van der Waals surface area contributed by atoms with Crippen molar-refractivity contribution >= 4 is 20.9 Å². The second-order valence-corrected chi connectivity index (χ2v) is 7.25. The van der Waals surface area contributed by atoms with Gasteiger partial charge >= 0.3 is 0 Å². The Balaban J connectivity index is 1.57. The van der Waals surface area contributed by atoms with Gasteiger partial charge in [-0.05, 0) is 24.3 Å². The molecule has 8 nitrogen and oxygen atoms in total. The molecule has 1 aromatic carbocycles. The summed E-state index contributed by atoms with van der Waals surface area (Å²) in [6.45, 7) is 0.0244. The zero-order valence-corrected chi connectivity index (χ0v) is 14.3. The second kappa shape index (κ2) is 6.62. The van der Waals surface area contributed by atoms with Crippen molar-refractivity contribution < 1.29 is 8.42 Å². The normalized spacial score (nSPS) is 11.7. The van der Waals surface area contributed by atoms with E-state index in [1.165, 1.54) is 6.07 Å². The standard InChI is InChI=1S/C17H14N6O2S/c24-26(25,16-5-1-3-13-4-2-8-19-17(13)16)20-11-14-12-23(22-21-14)15-6-9-18-10-7-15/h1-10,12,20H,11H2. The van der Waals surface area contributed by atoms with E-state index >= 15 is 0 Å². The summed E-state index contributed by atoms with van der Waals surface area (Å²) in [5.74, 6) is 0. The highest BCUT2D eigenvalue weighted by Crippen LogP contribution is 2.20. The van der Waals surface area contributed by atoms with Crippen molar-refractivity contribution in [1.82, 2.24) is 29.7 Å². The van der Waals surface area contributed by atoms with Crippen LogP contribution in [0, 0.1) is 0 Å². The number of nitrogens with zero attached hydrogens (tertiary/aromatic N) is 5. The quantitative estimate of drug-likeness (QED) is 0.577. The Morgan fingerprint density at radius 1 is 1.00 bits per heavy atom. The van der Waals surface area contributed by atoms with Crippen LogP contribution in [-0.4, -0.2) is 33.4 Å². The molecule has 0 radical (unpaired) electrons. The van der Waals surface area contributed by atoms with Crippen molar-refractivity contribution in [2.75, 3.05) is 0 Å². The predicted octanol–water partition coefficient (Wildman–Crippen LogP) is 1.69. The fourth-order valence-electron chi connectivity index (χ4n) is 2.54. The third kappa shape index (κ3) is 3.17. The molecular formula is C17H14N6O2S. The number of fused-ring (bicyclic) bond motifs is 1. The summed E-state index contributed by atoms with van der Waals surface area (Å²) in [5.41, 5.74) is 1.72. The topological polar surface area (TPSA) is 103 Å². The molecule has 0 spiro atoms. The van der Waals surface area contributed by atoms with E-state index in [1.807, 2.05) is 12.1 Å². The van der Waals surface area contributed by atoms with Gasteiger partial charge in [0.05, 0.1) is 29.6 Å². The third-order valence-electron chi connectivity index (χ3n) is 3.80. The van der Waals surface area contributed by atoms with Crippen LogP contribution < -0.4 is 4.72 Å². The maximum Gasteiger partial charge on any atom is 0.243 e. The highest BCUT2D eigenvalue weighted by atomic mass is 32.2. The fourth-order valence-corrected chi connectivity index (χ4v) is 3.72. The number of para-hydroxylation sites is 1. The summed E-state index contributed by atoms with van der Waals surface area (Å²) in [4.78, 5) is 8.27. The van der Waals surface area contributed by atoms with Crippen LogP contribution in [0.2, 0.25) is 0 Å². The molecular weight excluding hydrogens is 352 g/mol. The highest BCUT2D eigenvalue weighted by molar-refractivity contribution is 7.89. The van der Waals surface area contributed by atoms with Gasteiger partial charge in [0.25, 0.3) is 0 Å². The second-order valence-electron chi connectivity index (χ2n) is 5.52. The molecule has 0 saturated heterocycles. The molecule has 4 aromatic rings. The van der Waals surface area contributed by atoms with Crippen LogP contribution >= 0.6 is 0 Å². The molecule has 0 aliphatic carbocycles. The molecule has 3 heterocycles. The van der Waals surface area contributed by atoms with Crippen LogP contribution in [0.5, 0.6) is 0 Å². The van der Waals surface area contributed by atoms with E-state index in [0.717, 1.165) is 11.1 Å². The van der Waals surface area contributed by atoms with Gasteiger partial charge in [0, 0.05) is 24.0 Å². The van der Waals surface area contributed by atoms with Gasteiger partial charge in [-0.3, -0.25) is 9.97 Å². The average Bonchev–Trinajstić information content (AvgIpc) is 3.16. The molecule has 0 atom stereocenters. The van der Waals surface area contributed by atoms with Crippen molar-refractivity contribution in [3.8, 4) is 5.69 Å². The molecule has 4 rings (SSSR count). The minimum Gasteiger partial charge on any atom is -0.265 e. The Morgan fingerprint density at radius 2 is 1.81 bits per heavy atom. The van der Waals surface area contributed by atoms with Gasteiger partial charge in [0.2, 0.25) is 10.0 Å². The molecule has 0 amide bonds. The Bertz CT molecular complexity index is 1150. The molecule has 130 valence electrons. The SMILES string of the molecule is O=S(=O)(NCc1cn(-c2ccncc2)nn1)c1cccc2cccnc12. The lowest BCUT2D eigenvalue weighted by Gasteiger charge is -2.07. The summed E-state index contributed by atoms with van der Waals surface area (Å²) in [5, 5.41) is 8.77. The Morgan fingerprint density at radius 3 is 2.65 bits per heavy atom. The van der Waals surface area contributed by atoms with Gasteiger partial charge < -0.3 is 0 Å². The van der Waals surface area contributed by atoms with E-state index in [4.69, 9.17) is 0 Å². The van der Waals surface area contributed by atoms with E-state index in [2.05, 4.69) is 25.0 Å². The van der Waals surface area contributed by atoms with E-state index in [9.17, 15) is 8.42 Å². The van der Waals surface area contributed by atoms with Crippen molar-refractivity contribution in [3.63, 3.8) is 0 Å². The first kappa shape index (κ1) is 16.3. The number of hydrogen-bond donors (Lipinski definition) is 1. The van der Waals surface area contributed by atoms with Gasteiger partial charge in [0.1, 0.15) is 4.90 Å². The van der Waals surface area contributed by atoms with E-state index in [0.29, 0.717) is 11.2 Å². The number of nitrogens with one attached hydrogen (secondary N) is 1. The Kier molecular flexibility index (Phi) is 4.15. The Hall–Kier alpha value is -3.17. The number of aromatic nitrogens is 5. The largest absolute Gasteiger partial charge is 0.265 e. The van der Waals surface area contributed by atoms with Gasteiger partial charge in [-0.15, -0.1) is 5.10 Å². The smallest absolute Gasteiger partial charge is 0.243 e. The summed E-state index contributed by atoms with van der Waals surface area (Å²) < 4.78 is 29.5. The molecule has 0 aliphatic rings. The number of pyridine rings is 2. The monoisotopic (exact) mass is 366 g/mol. The van der Waals surface area contributed by atoms with Gasteiger partial charge in [-0.2, -0.15) is 0 Å². The molecule has 0 aliphatic heterocycles. The van der Waals surface area contributed by atoms with Crippen molar-refractivity contribution in [3.05, 3.63) is 72.9 Å². The third-order valence-corrected chi connectivity index (χ3v) is 5.23. The first-order valence-corrected chi connectivity index (χ1v) is 9.27. The summed E-state index contributed by atoms with van der Waals surface area (Å²) in [7, 11) is -3.74. The Labute approximate surface area is 149 Å². The van der Waals surface area contributed by atoms with Crippen LogP contribution in [-0.2, 0) is 16.6 Å². The van der Waals surface area contributed by atoms with E-state index in [-0.39, 0.29) is 11.4 Å². The van der Waals surface area contributed by atoms with Crippen LogP contribution in [0.4, 0.5) is 0 Å². The number of benzene rings is 1. The maximum atomic E-state index is 12.7.